The molecule has 2 aromatic heterocycles. The SMILES string of the molecule is CCN(CC)CCNc1nc2c(c(=O)n(C)c(=O)n2C)n1C[C@H](O)COc1ccc(OC)cc1. The number of ether oxygens (including phenoxy) is 2. The van der Waals surface area contributed by atoms with Crippen LogP contribution in [-0.2, 0) is 20.6 Å². The summed E-state index contributed by atoms with van der Waals surface area (Å²) in [5.74, 6) is 1.72. The number of aromatic nitrogens is 4. The van der Waals surface area contributed by atoms with Crippen molar-refractivity contribution in [3.63, 3.8) is 0 Å². The maximum atomic E-state index is 13.0. The van der Waals surface area contributed by atoms with Gasteiger partial charge in [-0.2, -0.15) is 4.98 Å². The molecule has 34 heavy (non-hydrogen) atoms. The molecule has 3 rings (SSSR count). The first-order chi connectivity index (χ1) is 16.3. The fourth-order valence-electron chi connectivity index (χ4n) is 3.75. The Hall–Kier alpha value is -3.31. The molecule has 11 heteroatoms. The molecule has 186 valence electrons. The molecule has 0 radical (unpaired) electrons. The molecule has 0 aliphatic heterocycles. The number of aliphatic hydroxyl groups is 1. The number of likely N-dealkylation sites (N-methyl/N-ethyl adjacent to an activating group) is 1. The number of rotatable bonds is 12. The first-order valence-corrected chi connectivity index (χ1v) is 11.4. The second-order valence-corrected chi connectivity index (χ2v) is 8.02. The van der Waals surface area contributed by atoms with Crippen molar-refractivity contribution in [3.8, 4) is 11.5 Å². The molecule has 3 aromatic rings. The maximum Gasteiger partial charge on any atom is 0.332 e. The predicted molar refractivity (Wildman–Crippen MR) is 131 cm³/mol. The number of hydrogen-bond acceptors (Lipinski definition) is 8. The van der Waals surface area contributed by atoms with E-state index in [1.54, 1.807) is 43.0 Å². The number of methoxy groups -OCH3 is 1. The van der Waals surface area contributed by atoms with Gasteiger partial charge < -0.3 is 29.4 Å². The van der Waals surface area contributed by atoms with E-state index in [2.05, 4.69) is 29.0 Å². The van der Waals surface area contributed by atoms with E-state index in [1.165, 1.54) is 11.6 Å². The van der Waals surface area contributed by atoms with E-state index in [9.17, 15) is 14.7 Å². The molecule has 0 aliphatic rings. The first-order valence-electron chi connectivity index (χ1n) is 11.4. The lowest BCUT2D eigenvalue weighted by Gasteiger charge is -2.19. The molecule has 0 unspecified atom stereocenters. The van der Waals surface area contributed by atoms with Crippen LogP contribution in [0.25, 0.3) is 11.2 Å². The van der Waals surface area contributed by atoms with Gasteiger partial charge in [-0.15, -0.1) is 0 Å². The number of aliphatic hydroxyl groups excluding tert-OH is 1. The van der Waals surface area contributed by atoms with E-state index in [-0.39, 0.29) is 24.3 Å². The predicted octanol–water partition coefficient (Wildman–Crippen LogP) is 0.636. The molecular weight excluding hydrogens is 440 g/mol. The van der Waals surface area contributed by atoms with Crippen LogP contribution < -0.4 is 26.0 Å². The minimum absolute atomic E-state index is 0.0109. The average Bonchev–Trinajstić information content (AvgIpc) is 3.21. The van der Waals surface area contributed by atoms with Gasteiger partial charge in [0, 0.05) is 27.2 Å². The summed E-state index contributed by atoms with van der Waals surface area (Å²) < 4.78 is 14.8. The lowest BCUT2D eigenvalue weighted by atomic mass is 10.3. The largest absolute Gasteiger partial charge is 0.497 e. The minimum atomic E-state index is -0.926. The zero-order valence-corrected chi connectivity index (χ0v) is 20.4. The highest BCUT2D eigenvalue weighted by atomic mass is 16.5. The monoisotopic (exact) mass is 474 g/mol. The third-order valence-electron chi connectivity index (χ3n) is 5.85. The average molecular weight is 475 g/mol. The third-order valence-corrected chi connectivity index (χ3v) is 5.85. The quantitative estimate of drug-likeness (QED) is 0.393. The van der Waals surface area contributed by atoms with E-state index < -0.39 is 17.4 Å². The van der Waals surface area contributed by atoms with Crippen LogP contribution in [0.15, 0.2) is 33.9 Å². The number of aryl methyl sites for hydroxylation is 1. The summed E-state index contributed by atoms with van der Waals surface area (Å²) in [7, 11) is 4.59. The summed E-state index contributed by atoms with van der Waals surface area (Å²) in [5.41, 5.74) is -0.411. The van der Waals surface area contributed by atoms with Gasteiger partial charge in [0.05, 0.1) is 13.7 Å². The Morgan fingerprint density at radius 1 is 1.09 bits per heavy atom. The highest BCUT2D eigenvalue weighted by Gasteiger charge is 2.21. The standard InChI is InChI=1S/C23H34N6O5/c1-6-28(7-2)13-12-24-22-25-20-19(21(31)27(4)23(32)26(20)3)29(22)14-16(30)15-34-18-10-8-17(33-5)9-11-18/h8-11,16,30H,6-7,12-15H2,1-5H3,(H,24,25)/t16-/m0/s1. The van der Waals surface area contributed by atoms with Crippen molar-refractivity contribution < 1.29 is 14.6 Å². The van der Waals surface area contributed by atoms with Crippen LogP contribution in [0.1, 0.15) is 13.8 Å². The van der Waals surface area contributed by atoms with Gasteiger partial charge in [-0.25, -0.2) is 4.79 Å². The molecule has 0 fully saturated rings. The van der Waals surface area contributed by atoms with Gasteiger partial charge in [0.15, 0.2) is 11.2 Å². The third kappa shape index (κ3) is 5.42. The number of fused-ring (bicyclic) bond motifs is 1. The number of nitrogens with zero attached hydrogens (tertiary/aromatic N) is 5. The number of benzene rings is 1. The van der Waals surface area contributed by atoms with Gasteiger partial charge in [0.1, 0.15) is 24.2 Å². The number of imidazole rings is 1. The van der Waals surface area contributed by atoms with Crippen LogP contribution in [0, 0.1) is 0 Å². The van der Waals surface area contributed by atoms with Gasteiger partial charge in [0.25, 0.3) is 5.56 Å². The van der Waals surface area contributed by atoms with Crippen LogP contribution in [0.3, 0.4) is 0 Å². The summed E-state index contributed by atoms with van der Waals surface area (Å²) >= 11 is 0. The highest BCUT2D eigenvalue weighted by molar-refractivity contribution is 5.74. The number of nitrogens with one attached hydrogen (secondary N) is 1. The Morgan fingerprint density at radius 2 is 1.74 bits per heavy atom. The Kier molecular flexibility index (Phi) is 8.35. The molecular formula is C23H34N6O5. The normalized spacial score (nSPS) is 12.3. The van der Waals surface area contributed by atoms with Crippen LogP contribution in [0.4, 0.5) is 5.95 Å². The van der Waals surface area contributed by atoms with E-state index >= 15 is 0 Å². The fourth-order valence-corrected chi connectivity index (χ4v) is 3.75. The van der Waals surface area contributed by atoms with Crippen molar-refractivity contribution in [2.75, 3.05) is 45.2 Å². The molecule has 0 bridgehead atoms. The summed E-state index contributed by atoms with van der Waals surface area (Å²) in [6, 6.07) is 7.05. The first kappa shape index (κ1) is 25.3. The van der Waals surface area contributed by atoms with Crippen molar-refractivity contribution in [2.45, 2.75) is 26.5 Å². The number of anilines is 1. The zero-order valence-electron chi connectivity index (χ0n) is 20.4. The van der Waals surface area contributed by atoms with Gasteiger partial charge in [-0.3, -0.25) is 13.9 Å². The Morgan fingerprint density at radius 3 is 2.35 bits per heavy atom. The molecule has 2 N–H and O–H groups in total. The lowest BCUT2D eigenvalue weighted by molar-refractivity contribution is 0.0938. The Balaban J connectivity index is 1.86. The van der Waals surface area contributed by atoms with Gasteiger partial charge in [0.2, 0.25) is 5.95 Å². The number of hydrogen-bond donors (Lipinski definition) is 2. The van der Waals surface area contributed by atoms with Crippen LogP contribution in [0.5, 0.6) is 11.5 Å². The molecule has 0 saturated heterocycles. The molecule has 1 atom stereocenters. The van der Waals surface area contributed by atoms with Crippen LogP contribution in [-0.4, -0.2) is 74.7 Å². The van der Waals surface area contributed by atoms with Crippen molar-refractivity contribution in [1.82, 2.24) is 23.6 Å². The molecule has 0 aliphatic carbocycles. The summed E-state index contributed by atoms with van der Waals surface area (Å²) in [6.07, 6.45) is -0.926. The smallest absolute Gasteiger partial charge is 0.332 e. The fraction of sp³-hybridized carbons (Fsp3) is 0.522. The molecule has 1 aromatic carbocycles. The molecule has 11 nitrogen and oxygen atoms in total. The van der Waals surface area contributed by atoms with Crippen molar-refractivity contribution in [3.05, 3.63) is 45.1 Å². The highest BCUT2D eigenvalue weighted by Crippen LogP contribution is 2.19. The second kappa shape index (κ2) is 11.2. The van der Waals surface area contributed by atoms with Crippen LogP contribution >= 0.6 is 0 Å². The summed E-state index contributed by atoms with van der Waals surface area (Å²) in [5, 5.41) is 14.0. The zero-order chi connectivity index (χ0) is 24.8. The van der Waals surface area contributed by atoms with Gasteiger partial charge in [-0.05, 0) is 37.4 Å². The molecule has 0 spiro atoms. The van der Waals surface area contributed by atoms with E-state index in [0.29, 0.717) is 24.0 Å². The summed E-state index contributed by atoms with van der Waals surface area (Å²) in [4.78, 5) is 32.2. The lowest BCUT2D eigenvalue weighted by Crippen LogP contribution is -2.38. The second-order valence-electron chi connectivity index (χ2n) is 8.02. The molecule has 0 amide bonds. The van der Waals surface area contributed by atoms with Gasteiger partial charge in [-0.1, -0.05) is 13.8 Å². The van der Waals surface area contributed by atoms with Gasteiger partial charge >= 0.3 is 5.69 Å². The van der Waals surface area contributed by atoms with E-state index in [4.69, 9.17) is 9.47 Å². The van der Waals surface area contributed by atoms with E-state index in [0.717, 1.165) is 24.2 Å². The molecule has 2 heterocycles. The van der Waals surface area contributed by atoms with Crippen molar-refractivity contribution in [2.24, 2.45) is 14.1 Å². The van der Waals surface area contributed by atoms with Crippen LogP contribution in [0.2, 0.25) is 0 Å². The Bertz CT molecular complexity index is 1210. The van der Waals surface area contributed by atoms with Crippen molar-refractivity contribution >= 4 is 17.1 Å². The van der Waals surface area contributed by atoms with E-state index in [1.807, 2.05) is 0 Å². The topological polar surface area (TPSA) is 116 Å². The Labute approximate surface area is 198 Å². The van der Waals surface area contributed by atoms with Crippen molar-refractivity contribution in [1.29, 1.82) is 0 Å². The minimum Gasteiger partial charge on any atom is -0.497 e. The molecule has 0 saturated carbocycles. The maximum absolute atomic E-state index is 13.0. The summed E-state index contributed by atoms with van der Waals surface area (Å²) in [6.45, 7) is 7.49.